The van der Waals surface area contributed by atoms with Gasteiger partial charge in [-0.05, 0) is 24.5 Å². The molecule has 1 rings (SSSR count). The lowest BCUT2D eigenvalue weighted by Gasteiger charge is -2.07. The molecule has 2 nitrogen and oxygen atoms in total. The SMILES string of the molecule is CCCCCC(=O)OCc1ccccc1C. The average molecular weight is 220 g/mol. The molecule has 0 radical (unpaired) electrons. The standard InChI is InChI=1S/C14H20O2/c1-3-4-5-10-14(15)16-11-13-9-7-6-8-12(13)2/h6-9H,3-5,10-11H2,1-2H3. The van der Waals surface area contributed by atoms with Gasteiger partial charge in [0.25, 0.3) is 0 Å². The van der Waals surface area contributed by atoms with Crippen molar-refractivity contribution in [1.29, 1.82) is 0 Å². The Balaban J connectivity index is 2.29. The second-order valence-electron chi connectivity index (χ2n) is 4.04. The summed E-state index contributed by atoms with van der Waals surface area (Å²) in [6.45, 7) is 4.55. The second-order valence-corrected chi connectivity index (χ2v) is 4.04. The summed E-state index contributed by atoms with van der Waals surface area (Å²) in [6, 6.07) is 7.98. The highest BCUT2D eigenvalue weighted by atomic mass is 16.5. The summed E-state index contributed by atoms with van der Waals surface area (Å²) in [5.41, 5.74) is 2.26. The lowest BCUT2D eigenvalue weighted by Crippen LogP contribution is -2.05. The molecule has 88 valence electrons. The Morgan fingerprint density at radius 1 is 1.25 bits per heavy atom. The van der Waals surface area contributed by atoms with E-state index in [1.165, 1.54) is 5.56 Å². The highest BCUT2D eigenvalue weighted by molar-refractivity contribution is 5.69. The summed E-state index contributed by atoms with van der Waals surface area (Å²) < 4.78 is 5.22. The Morgan fingerprint density at radius 2 is 2.00 bits per heavy atom. The molecule has 0 saturated heterocycles. The molecule has 1 aromatic carbocycles. The topological polar surface area (TPSA) is 26.3 Å². The van der Waals surface area contributed by atoms with Gasteiger partial charge < -0.3 is 4.74 Å². The lowest BCUT2D eigenvalue weighted by atomic mass is 10.1. The van der Waals surface area contributed by atoms with Gasteiger partial charge >= 0.3 is 5.97 Å². The summed E-state index contributed by atoms with van der Waals surface area (Å²) in [5, 5.41) is 0. The third kappa shape index (κ3) is 4.47. The summed E-state index contributed by atoms with van der Waals surface area (Å²) in [4.78, 5) is 11.4. The van der Waals surface area contributed by atoms with Crippen molar-refractivity contribution >= 4 is 5.97 Å². The van der Waals surface area contributed by atoms with Crippen LogP contribution in [-0.2, 0) is 16.1 Å². The van der Waals surface area contributed by atoms with Gasteiger partial charge in [-0.1, -0.05) is 44.0 Å². The molecule has 0 unspecified atom stereocenters. The van der Waals surface area contributed by atoms with Gasteiger partial charge in [0.1, 0.15) is 6.61 Å². The van der Waals surface area contributed by atoms with Crippen LogP contribution >= 0.6 is 0 Å². The Kier molecular flexibility index (Phi) is 5.62. The van der Waals surface area contributed by atoms with Crippen molar-refractivity contribution in [1.82, 2.24) is 0 Å². The Morgan fingerprint density at radius 3 is 2.69 bits per heavy atom. The number of unbranched alkanes of at least 4 members (excludes halogenated alkanes) is 2. The Labute approximate surface area is 97.6 Å². The minimum Gasteiger partial charge on any atom is -0.461 e. The third-order valence-electron chi connectivity index (χ3n) is 2.63. The summed E-state index contributed by atoms with van der Waals surface area (Å²) in [7, 11) is 0. The fraction of sp³-hybridized carbons (Fsp3) is 0.500. The summed E-state index contributed by atoms with van der Waals surface area (Å²) >= 11 is 0. The highest BCUT2D eigenvalue weighted by Gasteiger charge is 2.03. The van der Waals surface area contributed by atoms with Crippen LogP contribution in [0.15, 0.2) is 24.3 Å². The molecule has 0 bridgehead atoms. The van der Waals surface area contributed by atoms with Gasteiger partial charge in [0.05, 0.1) is 0 Å². The van der Waals surface area contributed by atoms with Crippen LogP contribution in [0.4, 0.5) is 0 Å². The molecule has 0 aliphatic rings. The third-order valence-corrected chi connectivity index (χ3v) is 2.63. The van der Waals surface area contributed by atoms with E-state index in [4.69, 9.17) is 4.74 Å². The summed E-state index contributed by atoms with van der Waals surface area (Å²) in [5.74, 6) is -0.0864. The molecule has 2 heteroatoms. The largest absolute Gasteiger partial charge is 0.461 e. The molecule has 0 aliphatic carbocycles. The van der Waals surface area contributed by atoms with E-state index >= 15 is 0 Å². The van der Waals surface area contributed by atoms with Crippen molar-refractivity contribution in [3.8, 4) is 0 Å². The van der Waals surface area contributed by atoms with E-state index < -0.39 is 0 Å². The number of esters is 1. The number of hydrogen-bond donors (Lipinski definition) is 0. The summed E-state index contributed by atoms with van der Waals surface area (Å²) in [6.07, 6.45) is 3.70. The maximum absolute atomic E-state index is 11.4. The molecular weight excluding hydrogens is 200 g/mol. The zero-order chi connectivity index (χ0) is 11.8. The Bertz CT molecular complexity index is 331. The van der Waals surface area contributed by atoms with Crippen molar-refractivity contribution in [2.24, 2.45) is 0 Å². The molecule has 0 amide bonds. The first-order valence-corrected chi connectivity index (χ1v) is 5.94. The van der Waals surface area contributed by atoms with Crippen LogP contribution < -0.4 is 0 Å². The minimum atomic E-state index is -0.0864. The predicted octanol–water partition coefficient (Wildman–Crippen LogP) is 3.62. The molecule has 16 heavy (non-hydrogen) atoms. The van der Waals surface area contributed by atoms with Crippen molar-refractivity contribution in [2.45, 2.75) is 46.1 Å². The van der Waals surface area contributed by atoms with Gasteiger partial charge in [0.2, 0.25) is 0 Å². The molecular formula is C14H20O2. The van der Waals surface area contributed by atoms with Crippen molar-refractivity contribution in [2.75, 3.05) is 0 Å². The monoisotopic (exact) mass is 220 g/mol. The molecule has 0 atom stereocenters. The van der Waals surface area contributed by atoms with Crippen LogP contribution in [0, 0.1) is 6.92 Å². The number of carbonyl (C=O) groups excluding carboxylic acids is 1. The number of carbonyl (C=O) groups is 1. The predicted molar refractivity (Wildman–Crippen MR) is 65.1 cm³/mol. The first-order chi connectivity index (χ1) is 7.74. The van der Waals surface area contributed by atoms with Gasteiger partial charge in [-0.2, -0.15) is 0 Å². The quantitative estimate of drug-likeness (QED) is 0.540. The second kappa shape index (κ2) is 7.04. The number of rotatable bonds is 6. The smallest absolute Gasteiger partial charge is 0.306 e. The van der Waals surface area contributed by atoms with Crippen LogP contribution in [0.2, 0.25) is 0 Å². The highest BCUT2D eigenvalue weighted by Crippen LogP contribution is 2.09. The first-order valence-electron chi connectivity index (χ1n) is 5.94. The van der Waals surface area contributed by atoms with Crippen LogP contribution in [0.1, 0.15) is 43.7 Å². The van der Waals surface area contributed by atoms with Gasteiger partial charge in [-0.15, -0.1) is 0 Å². The van der Waals surface area contributed by atoms with E-state index in [0.29, 0.717) is 13.0 Å². The normalized spacial score (nSPS) is 10.1. The maximum Gasteiger partial charge on any atom is 0.306 e. The van der Waals surface area contributed by atoms with Crippen LogP contribution in [0.3, 0.4) is 0 Å². The van der Waals surface area contributed by atoms with E-state index in [-0.39, 0.29) is 5.97 Å². The van der Waals surface area contributed by atoms with Gasteiger partial charge in [0.15, 0.2) is 0 Å². The zero-order valence-electron chi connectivity index (χ0n) is 10.2. The van der Waals surface area contributed by atoms with Crippen molar-refractivity contribution < 1.29 is 9.53 Å². The first kappa shape index (κ1) is 12.8. The van der Waals surface area contributed by atoms with E-state index in [1.807, 2.05) is 31.2 Å². The minimum absolute atomic E-state index is 0.0864. The molecule has 0 aromatic heterocycles. The fourth-order valence-corrected chi connectivity index (χ4v) is 1.52. The van der Waals surface area contributed by atoms with Crippen LogP contribution in [0.5, 0.6) is 0 Å². The fourth-order valence-electron chi connectivity index (χ4n) is 1.52. The zero-order valence-corrected chi connectivity index (χ0v) is 10.2. The molecule has 0 heterocycles. The van der Waals surface area contributed by atoms with E-state index in [1.54, 1.807) is 0 Å². The van der Waals surface area contributed by atoms with Gasteiger partial charge in [0, 0.05) is 6.42 Å². The molecule has 0 spiro atoms. The van der Waals surface area contributed by atoms with E-state index in [0.717, 1.165) is 24.8 Å². The number of aryl methyl sites for hydroxylation is 1. The van der Waals surface area contributed by atoms with Crippen LogP contribution in [0.25, 0.3) is 0 Å². The Hall–Kier alpha value is -1.31. The van der Waals surface area contributed by atoms with Crippen molar-refractivity contribution in [3.05, 3.63) is 35.4 Å². The molecule has 0 aliphatic heterocycles. The van der Waals surface area contributed by atoms with Gasteiger partial charge in [-0.25, -0.2) is 0 Å². The molecule has 0 saturated carbocycles. The van der Waals surface area contributed by atoms with Gasteiger partial charge in [-0.3, -0.25) is 4.79 Å². The molecule has 0 N–H and O–H groups in total. The number of benzene rings is 1. The number of ether oxygens (including phenoxy) is 1. The number of hydrogen-bond acceptors (Lipinski definition) is 2. The van der Waals surface area contributed by atoms with Crippen LogP contribution in [-0.4, -0.2) is 5.97 Å². The van der Waals surface area contributed by atoms with E-state index in [9.17, 15) is 4.79 Å². The molecule has 1 aromatic rings. The molecule has 0 fully saturated rings. The maximum atomic E-state index is 11.4. The average Bonchev–Trinajstić information content (AvgIpc) is 2.28. The van der Waals surface area contributed by atoms with Crippen molar-refractivity contribution in [3.63, 3.8) is 0 Å². The lowest BCUT2D eigenvalue weighted by molar-refractivity contribution is -0.145. The van der Waals surface area contributed by atoms with E-state index in [2.05, 4.69) is 6.92 Å².